The van der Waals surface area contributed by atoms with Gasteiger partial charge in [-0.1, -0.05) is 13.0 Å². The first-order valence-electron chi connectivity index (χ1n) is 7.83. The fraction of sp³-hybridized carbons (Fsp3) is 0.750. The third-order valence-corrected chi connectivity index (χ3v) is 5.36. The summed E-state index contributed by atoms with van der Waals surface area (Å²) in [5.74, 6) is -0.709. The normalized spacial score (nSPS) is 25.0. The summed E-state index contributed by atoms with van der Waals surface area (Å²) in [5.41, 5.74) is 0. The summed E-state index contributed by atoms with van der Waals surface area (Å²) in [6.45, 7) is 3.06. The molecule has 0 radical (unpaired) electrons. The molecule has 1 atom stereocenters. The van der Waals surface area contributed by atoms with Gasteiger partial charge in [-0.3, -0.25) is 0 Å². The molecule has 0 bridgehead atoms. The highest BCUT2D eigenvalue weighted by Crippen LogP contribution is 2.40. The van der Waals surface area contributed by atoms with E-state index in [0.717, 1.165) is 19.4 Å². The van der Waals surface area contributed by atoms with Crippen molar-refractivity contribution in [3.8, 4) is 0 Å². The number of alkyl halides is 3. The molecule has 1 nitrogen and oxygen atoms in total. The molecule has 0 aromatic carbocycles. The van der Waals surface area contributed by atoms with Crippen LogP contribution in [0.25, 0.3) is 0 Å². The summed E-state index contributed by atoms with van der Waals surface area (Å²) in [5, 5.41) is 5.62. The van der Waals surface area contributed by atoms with Gasteiger partial charge in [0.15, 0.2) is 0 Å². The zero-order valence-electron chi connectivity index (χ0n) is 12.5. The minimum Gasteiger partial charge on any atom is -0.313 e. The topological polar surface area (TPSA) is 12.0 Å². The van der Waals surface area contributed by atoms with E-state index in [1.54, 1.807) is 11.3 Å². The Morgan fingerprint density at radius 3 is 2.52 bits per heavy atom. The van der Waals surface area contributed by atoms with E-state index in [-0.39, 0.29) is 0 Å². The Morgan fingerprint density at radius 2 is 2.00 bits per heavy atom. The standard InChI is InChI=1S/C16H24F3NS/c1-2-9-20-15(11-14-4-3-10-21-14)12-5-7-13(8-6-12)16(17,18)19/h3-4,10,12-13,15,20H,2,5-9,11H2,1H3. The molecule has 0 amide bonds. The maximum atomic E-state index is 12.8. The minimum atomic E-state index is -4.01. The van der Waals surface area contributed by atoms with Crippen LogP contribution in [0.4, 0.5) is 13.2 Å². The van der Waals surface area contributed by atoms with Gasteiger partial charge in [0.2, 0.25) is 0 Å². The largest absolute Gasteiger partial charge is 0.391 e. The molecular weight excluding hydrogens is 295 g/mol. The highest BCUT2D eigenvalue weighted by atomic mass is 32.1. The van der Waals surface area contributed by atoms with Crippen molar-refractivity contribution in [3.63, 3.8) is 0 Å². The van der Waals surface area contributed by atoms with E-state index in [4.69, 9.17) is 0 Å². The van der Waals surface area contributed by atoms with Crippen LogP contribution in [-0.2, 0) is 6.42 Å². The number of thiophene rings is 1. The lowest BCUT2D eigenvalue weighted by atomic mass is 9.77. The van der Waals surface area contributed by atoms with Gasteiger partial charge in [-0.25, -0.2) is 0 Å². The van der Waals surface area contributed by atoms with Crippen molar-refractivity contribution in [2.75, 3.05) is 6.54 Å². The van der Waals surface area contributed by atoms with Crippen molar-refractivity contribution in [2.24, 2.45) is 11.8 Å². The molecule has 0 aliphatic heterocycles. The number of rotatable bonds is 6. The maximum Gasteiger partial charge on any atom is 0.391 e. The number of nitrogens with one attached hydrogen (secondary N) is 1. The Bertz CT molecular complexity index is 394. The van der Waals surface area contributed by atoms with Gasteiger partial charge in [-0.05, 0) is 62.4 Å². The predicted molar refractivity (Wildman–Crippen MR) is 81.6 cm³/mol. The van der Waals surface area contributed by atoms with Crippen molar-refractivity contribution in [1.82, 2.24) is 5.32 Å². The summed E-state index contributed by atoms with van der Waals surface area (Å²) in [6.07, 6.45) is -0.0391. The Hall–Kier alpha value is -0.550. The van der Waals surface area contributed by atoms with Crippen LogP contribution in [0, 0.1) is 11.8 Å². The molecule has 1 aromatic heterocycles. The first-order valence-corrected chi connectivity index (χ1v) is 8.71. The van der Waals surface area contributed by atoms with E-state index in [0.29, 0.717) is 37.6 Å². The number of halogens is 3. The second kappa shape index (κ2) is 7.63. The van der Waals surface area contributed by atoms with Gasteiger partial charge in [0, 0.05) is 10.9 Å². The average Bonchev–Trinajstić information content (AvgIpc) is 2.95. The first-order chi connectivity index (χ1) is 10.0. The van der Waals surface area contributed by atoms with Crippen LogP contribution in [0.5, 0.6) is 0 Å². The second-order valence-electron chi connectivity index (χ2n) is 6.00. The summed E-state index contributed by atoms with van der Waals surface area (Å²) < 4.78 is 38.3. The predicted octanol–water partition coefficient (Wildman–Crippen LogP) is 5.03. The van der Waals surface area contributed by atoms with E-state index < -0.39 is 12.1 Å². The van der Waals surface area contributed by atoms with Crippen LogP contribution >= 0.6 is 11.3 Å². The molecule has 1 heterocycles. The van der Waals surface area contributed by atoms with E-state index in [1.807, 2.05) is 6.07 Å². The monoisotopic (exact) mass is 319 g/mol. The van der Waals surface area contributed by atoms with Gasteiger partial charge >= 0.3 is 6.18 Å². The molecule has 1 unspecified atom stereocenters. The van der Waals surface area contributed by atoms with Crippen LogP contribution in [0.1, 0.15) is 43.9 Å². The average molecular weight is 319 g/mol. The molecule has 0 saturated heterocycles. The van der Waals surface area contributed by atoms with Crippen LogP contribution in [0.2, 0.25) is 0 Å². The second-order valence-corrected chi connectivity index (χ2v) is 7.03. The lowest BCUT2D eigenvalue weighted by Gasteiger charge is -2.35. The van der Waals surface area contributed by atoms with Crippen LogP contribution in [-0.4, -0.2) is 18.8 Å². The molecule has 1 N–H and O–H groups in total. The SMILES string of the molecule is CCCNC(Cc1cccs1)C1CCC(C(F)(F)F)CC1. The third kappa shape index (κ3) is 4.99. The van der Waals surface area contributed by atoms with Gasteiger partial charge in [-0.15, -0.1) is 11.3 Å². The fourth-order valence-electron chi connectivity index (χ4n) is 3.23. The molecule has 1 aromatic rings. The fourth-order valence-corrected chi connectivity index (χ4v) is 3.99. The van der Waals surface area contributed by atoms with Gasteiger partial charge in [0.25, 0.3) is 0 Å². The molecular formula is C16H24F3NS. The number of hydrogen-bond acceptors (Lipinski definition) is 2. The highest BCUT2D eigenvalue weighted by Gasteiger charge is 2.42. The van der Waals surface area contributed by atoms with Crippen molar-refractivity contribution in [3.05, 3.63) is 22.4 Å². The zero-order valence-corrected chi connectivity index (χ0v) is 13.3. The smallest absolute Gasteiger partial charge is 0.313 e. The third-order valence-electron chi connectivity index (χ3n) is 4.46. The molecule has 5 heteroatoms. The zero-order chi connectivity index (χ0) is 15.3. The van der Waals surface area contributed by atoms with Gasteiger partial charge in [0.1, 0.15) is 0 Å². The van der Waals surface area contributed by atoms with Gasteiger partial charge in [-0.2, -0.15) is 13.2 Å². The van der Waals surface area contributed by atoms with E-state index in [2.05, 4.69) is 23.7 Å². The van der Waals surface area contributed by atoms with Crippen molar-refractivity contribution in [1.29, 1.82) is 0 Å². The molecule has 21 heavy (non-hydrogen) atoms. The van der Waals surface area contributed by atoms with Crippen LogP contribution < -0.4 is 5.32 Å². The molecule has 1 aliphatic carbocycles. The van der Waals surface area contributed by atoms with Crippen molar-refractivity contribution in [2.45, 2.75) is 57.7 Å². The molecule has 120 valence electrons. The molecule has 1 fully saturated rings. The molecule has 1 aliphatic rings. The van der Waals surface area contributed by atoms with Crippen LogP contribution in [0.3, 0.4) is 0 Å². The van der Waals surface area contributed by atoms with Crippen molar-refractivity contribution >= 4 is 11.3 Å². The maximum absolute atomic E-state index is 12.8. The highest BCUT2D eigenvalue weighted by molar-refractivity contribution is 7.09. The van der Waals surface area contributed by atoms with Gasteiger partial charge in [0.05, 0.1) is 5.92 Å². The summed E-state index contributed by atoms with van der Waals surface area (Å²) in [6, 6.07) is 4.47. The van der Waals surface area contributed by atoms with E-state index in [9.17, 15) is 13.2 Å². The van der Waals surface area contributed by atoms with E-state index >= 15 is 0 Å². The lowest BCUT2D eigenvalue weighted by Crippen LogP contribution is -2.41. The molecule has 1 saturated carbocycles. The first kappa shape index (κ1) is 16.8. The summed E-state index contributed by atoms with van der Waals surface area (Å²) >= 11 is 1.73. The molecule has 2 rings (SSSR count). The Kier molecular flexibility index (Phi) is 6.11. The Morgan fingerprint density at radius 1 is 1.29 bits per heavy atom. The van der Waals surface area contributed by atoms with Crippen molar-refractivity contribution < 1.29 is 13.2 Å². The quantitative estimate of drug-likeness (QED) is 0.775. The Balaban J connectivity index is 1.92. The van der Waals surface area contributed by atoms with Gasteiger partial charge < -0.3 is 5.32 Å². The Labute approximate surface area is 128 Å². The summed E-state index contributed by atoms with van der Waals surface area (Å²) in [7, 11) is 0. The molecule has 0 spiro atoms. The summed E-state index contributed by atoms with van der Waals surface area (Å²) in [4.78, 5) is 1.32. The lowest BCUT2D eigenvalue weighted by molar-refractivity contribution is -0.184. The van der Waals surface area contributed by atoms with Crippen LogP contribution in [0.15, 0.2) is 17.5 Å². The minimum absolute atomic E-state index is 0.295. The van der Waals surface area contributed by atoms with E-state index in [1.165, 1.54) is 4.88 Å². The number of hydrogen-bond donors (Lipinski definition) is 1.